The Bertz CT molecular complexity index is 521. The van der Waals surface area contributed by atoms with Crippen molar-refractivity contribution in [2.75, 3.05) is 7.11 Å². The Labute approximate surface area is 106 Å². The number of nitrogens with two attached hydrogens (primary N) is 1. The third-order valence-electron chi connectivity index (χ3n) is 3.60. The van der Waals surface area contributed by atoms with Gasteiger partial charge in [0.25, 0.3) is 0 Å². The molecule has 2 rings (SSSR count). The van der Waals surface area contributed by atoms with E-state index in [1.807, 2.05) is 6.07 Å². The second-order valence-corrected chi connectivity index (χ2v) is 4.72. The Morgan fingerprint density at radius 1 is 1.39 bits per heavy atom. The Morgan fingerprint density at radius 3 is 2.61 bits per heavy atom. The number of rotatable bonds is 1. The summed E-state index contributed by atoms with van der Waals surface area (Å²) in [6, 6.07) is 4.01. The number of nitriles is 2. The van der Waals surface area contributed by atoms with Crippen LogP contribution in [0.2, 0.25) is 0 Å². The molecule has 2 N–H and O–H groups in total. The van der Waals surface area contributed by atoms with Gasteiger partial charge in [0, 0.05) is 19.1 Å². The lowest BCUT2D eigenvalue weighted by molar-refractivity contribution is -0.190. The smallest absolute Gasteiger partial charge is 0.236 e. The van der Waals surface area contributed by atoms with E-state index in [0.29, 0.717) is 24.3 Å². The maximum Gasteiger partial charge on any atom is 0.236 e. The van der Waals surface area contributed by atoms with Gasteiger partial charge in [0.15, 0.2) is 0 Å². The van der Waals surface area contributed by atoms with Crippen molar-refractivity contribution in [3.63, 3.8) is 0 Å². The first-order valence-corrected chi connectivity index (χ1v) is 5.86. The van der Waals surface area contributed by atoms with Crippen LogP contribution < -0.4 is 5.73 Å². The molecule has 0 radical (unpaired) electrons. The van der Waals surface area contributed by atoms with Gasteiger partial charge in [-0.05, 0) is 18.8 Å². The molecule has 2 aliphatic rings. The van der Waals surface area contributed by atoms with Crippen molar-refractivity contribution in [3.05, 3.63) is 22.6 Å². The van der Waals surface area contributed by atoms with Gasteiger partial charge in [0.05, 0.1) is 5.57 Å². The van der Waals surface area contributed by atoms with Crippen LogP contribution in [-0.4, -0.2) is 12.9 Å². The van der Waals surface area contributed by atoms with Crippen molar-refractivity contribution in [3.8, 4) is 12.1 Å². The first kappa shape index (κ1) is 12.5. The summed E-state index contributed by atoms with van der Waals surface area (Å²) in [5.41, 5.74) is 6.91. The molecule has 0 spiro atoms. The van der Waals surface area contributed by atoms with E-state index in [1.165, 1.54) is 7.11 Å². The van der Waals surface area contributed by atoms with Gasteiger partial charge in [-0.25, -0.2) is 0 Å². The zero-order chi connectivity index (χ0) is 13.3. The minimum Gasteiger partial charge on any atom is -0.442 e. The van der Waals surface area contributed by atoms with E-state index in [0.717, 1.165) is 12.0 Å². The van der Waals surface area contributed by atoms with E-state index >= 15 is 0 Å². The van der Waals surface area contributed by atoms with Crippen molar-refractivity contribution in [1.29, 1.82) is 10.5 Å². The molecule has 1 saturated carbocycles. The fraction of sp³-hybridized carbons (Fsp3) is 0.538. The highest BCUT2D eigenvalue weighted by Crippen LogP contribution is 2.46. The molecular formula is C13H15N3O2. The summed E-state index contributed by atoms with van der Waals surface area (Å²) in [4.78, 5) is 0. The molecule has 0 saturated heterocycles. The molecule has 2 unspecified atom stereocenters. The molecule has 94 valence electrons. The predicted molar refractivity (Wildman–Crippen MR) is 63.3 cm³/mol. The molecule has 0 amide bonds. The minimum absolute atomic E-state index is 0.0193. The molecule has 0 aromatic carbocycles. The third-order valence-corrected chi connectivity index (χ3v) is 3.60. The number of hydrogen-bond acceptors (Lipinski definition) is 5. The van der Waals surface area contributed by atoms with Crippen molar-refractivity contribution in [2.45, 2.75) is 32.0 Å². The zero-order valence-electron chi connectivity index (χ0n) is 10.5. The number of allylic oxidation sites excluding steroid dienone is 2. The Kier molecular flexibility index (Phi) is 3.02. The number of hydrogen-bond donors (Lipinski definition) is 1. The zero-order valence-corrected chi connectivity index (χ0v) is 10.5. The van der Waals surface area contributed by atoms with E-state index in [4.69, 9.17) is 20.5 Å². The molecule has 5 heteroatoms. The molecule has 5 nitrogen and oxygen atoms in total. The number of nitrogens with zero attached hydrogens (tertiary/aromatic N) is 2. The average Bonchev–Trinajstić information content (AvgIpc) is 2.37. The number of ether oxygens (including phenoxy) is 2. The SMILES string of the molecule is COC12CCC(C)CC1=C(C#N)C(C#N)=C(N)O2. The average molecular weight is 245 g/mol. The second-order valence-electron chi connectivity index (χ2n) is 4.72. The summed E-state index contributed by atoms with van der Waals surface area (Å²) < 4.78 is 11.1. The van der Waals surface area contributed by atoms with Gasteiger partial charge in [-0.3, -0.25) is 0 Å². The van der Waals surface area contributed by atoms with Gasteiger partial charge in [0.2, 0.25) is 11.7 Å². The van der Waals surface area contributed by atoms with Crippen LogP contribution in [0.25, 0.3) is 0 Å². The summed E-state index contributed by atoms with van der Waals surface area (Å²) in [7, 11) is 1.54. The summed E-state index contributed by atoms with van der Waals surface area (Å²) in [6.45, 7) is 2.11. The van der Waals surface area contributed by atoms with E-state index in [1.54, 1.807) is 0 Å². The molecule has 18 heavy (non-hydrogen) atoms. The van der Waals surface area contributed by atoms with Crippen LogP contribution in [0.4, 0.5) is 0 Å². The molecule has 1 fully saturated rings. The molecule has 1 aliphatic heterocycles. The van der Waals surface area contributed by atoms with Gasteiger partial charge in [-0.1, -0.05) is 6.92 Å². The van der Waals surface area contributed by atoms with E-state index in [-0.39, 0.29) is 11.5 Å². The largest absolute Gasteiger partial charge is 0.442 e. The molecule has 0 aromatic rings. The Hall–Kier alpha value is -1.98. The quantitative estimate of drug-likeness (QED) is 0.758. The fourth-order valence-corrected chi connectivity index (χ4v) is 2.60. The summed E-state index contributed by atoms with van der Waals surface area (Å²) in [5, 5.41) is 18.4. The molecule has 0 bridgehead atoms. The maximum atomic E-state index is 9.29. The second kappa shape index (κ2) is 4.36. The Balaban J connectivity index is 2.62. The number of methoxy groups -OCH3 is 1. The van der Waals surface area contributed by atoms with Crippen LogP contribution in [0.15, 0.2) is 22.6 Å². The first-order chi connectivity index (χ1) is 8.57. The fourth-order valence-electron chi connectivity index (χ4n) is 2.60. The normalized spacial score (nSPS) is 31.2. The molecule has 0 aromatic heterocycles. The molecular weight excluding hydrogens is 230 g/mol. The minimum atomic E-state index is -0.956. The summed E-state index contributed by atoms with van der Waals surface area (Å²) >= 11 is 0. The van der Waals surface area contributed by atoms with E-state index in [2.05, 4.69) is 13.0 Å². The highest BCUT2D eigenvalue weighted by Gasteiger charge is 2.47. The monoisotopic (exact) mass is 245 g/mol. The van der Waals surface area contributed by atoms with Crippen LogP contribution in [0.3, 0.4) is 0 Å². The Morgan fingerprint density at radius 2 is 2.06 bits per heavy atom. The molecule has 1 heterocycles. The lowest BCUT2D eigenvalue weighted by atomic mass is 9.77. The van der Waals surface area contributed by atoms with Crippen LogP contribution >= 0.6 is 0 Å². The van der Waals surface area contributed by atoms with Crippen LogP contribution in [0.1, 0.15) is 26.2 Å². The molecule has 2 atom stereocenters. The van der Waals surface area contributed by atoms with Gasteiger partial charge < -0.3 is 15.2 Å². The third kappa shape index (κ3) is 1.64. The van der Waals surface area contributed by atoms with Crippen LogP contribution in [0, 0.1) is 28.6 Å². The van der Waals surface area contributed by atoms with Crippen molar-refractivity contribution in [1.82, 2.24) is 0 Å². The van der Waals surface area contributed by atoms with Gasteiger partial charge in [0.1, 0.15) is 17.7 Å². The maximum absolute atomic E-state index is 9.29. The lowest BCUT2D eigenvalue weighted by Crippen LogP contribution is -2.45. The van der Waals surface area contributed by atoms with Crippen LogP contribution in [-0.2, 0) is 9.47 Å². The van der Waals surface area contributed by atoms with Gasteiger partial charge >= 0.3 is 0 Å². The summed E-state index contributed by atoms with van der Waals surface area (Å²) in [5.74, 6) is -0.536. The predicted octanol–water partition coefficient (Wildman–Crippen LogP) is 1.69. The highest BCUT2D eigenvalue weighted by molar-refractivity contribution is 5.57. The standard InChI is InChI=1S/C13H15N3O2/c1-8-3-4-13(17-2)11(5-8)9(6-14)10(7-15)12(16)18-13/h8H,3-5,16H2,1-2H3. The topological polar surface area (TPSA) is 92.1 Å². The van der Waals surface area contributed by atoms with Gasteiger partial charge in [-0.15, -0.1) is 0 Å². The van der Waals surface area contributed by atoms with Crippen LogP contribution in [0.5, 0.6) is 0 Å². The van der Waals surface area contributed by atoms with Crippen molar-refractivity contribution in [2.24, 2.45) is 11.7 Å². The number of fused-ring (bicyclic) bond motifs is 1. The first-order valence-electron chi connectivity index (χ1n) is 5.86. The van der Waals surface area contributed by atoms with Crippen molar-refractivity contribution < 1.29 is 9.47 Å². The summed E-state index contributed by atoms with van der Waals surface area (Å²) in [6.07, 6.45) is 2.27. The van der Waals surface area contributed by atoms with E-state index in [9.17, 15) is 5.26 Å². The lowest BCUT2D eigenvalue weighted by Gasteiger charge is -2.42. The molecule has 1 aliphatic carbocycles. The van der Waals surface area contributed by atoms with E-state index < -0.39 is 5.79 Å². The van der Waals surface area contributed by atoms with Gasteiger partial charge in [-0.2, -0.15) is 10.5 Å². The van der Waals surface area contributed by atoms with Crippen molar-refractivity contribution >= 4 is 0 Å². The highest BCUT2D eigenvalue weighted by atomic mass is 16.7.